The number of hydrogen-bond acceptors (Lipinski definition) is 4. The van der Waals surface area contributed by atoms with Gasteiger partial charge in [-0.05, 0) is 32.9 Å². The number of halogens is 4. The Morgan fingerprint density at radius 3 is 2.63 bits per heavy atom. The molecule has 1 aliphatic rings. The number of aliphatic imine (C=N–C) groups is 1. The molecule has 30 heavy (non-hydrogen) atoms. The van der Waals surface area contributed by atoms with Gasteiger partial charge in [0.2, 0.25) is 5.60 Å². The first-order valence-corrected chi connectivity index (χ1v) is 10.1. The summed E-state index contributed by atoms with van der Waals surface area (Å²) in [6.45, 7) is 7.28. The van der Waals surface area contributed by atoms with E-state index in [1.54, 1.807) is 0 Å². The molecule has 2 N–H and O–H groups in total. The van der Waals surface area contributed by atoms with Gasteiger partial charge in [-0.25, -0.2) is 4.98 Å². The lowest BCUT2D eigenvalue weighted by Gasteiger charge is -2.31. The van der Waals surface area contributed by atoms with Crippen LogP contribution in [0.4, 0.5) is 13.2 Å². The molecule has 2 atom stereocenters. The van der Waals surface area contributed by atoms with Crippen LogP contribution in [0.3, 0.4) is 0 Å². The van der Waals surface area contributed by atoms with Gasteiger partial charge < -0.3 is 19.9 Å². The number of alkyl halides is 3. The van der Waals surface area contributed by atoms with E-state index in [0.717, 1.165) is 32.5 Å². The second kappa shape index (κ2) is 11.5. The molecule has 1 aromatic heterocycles. The normalized spacial score (nSPS) is 20.0. The van der Waals surface area contributed by atoms with Crippen LogP contribution in [0.1, 0.15) is 38.9 Å². The minimum Gasteiger partial charge on any atom is -0.374 e. The fourth-order valence-corrected chi connectivity index (χ4v) is 3.86. The predicted molar refractivity (Wildman–Crippen MR) is 122 cm³/mol. The van der Waals surface area contributed by atoms with Crippen molar-refractivity contribution in [1.82, 2.24) is 24.7 Å². The first-order valence-electron chi connectivity index (χ1n) is 10.1. The lowest BCUT2D eigenvalue weighted by Crippen LogP contribution is -2.47. The number of guanidine groups is 1. The van der Waals surface area contributed by atoms with Gasteiger partial charge in [0.25, 0.3) is 0 Å². The van der Waals surface area contributed by atoms with Gasteiger partial charge in [-0.15, -0.1) is 24.0 Å². The molecule has 0 amide bonds. The van der Waals surface area contributed by atoms with Crippen molar-refractivity contribution in [2.75, 3.05) is 39.8 Å². The second-order valence-electron chi connectivity index (χ2n) is 7.51. The highest BCUT2D eigenvalue weighted by molar-refractivity contribution is 14.0. The summed E-state index contributed by atoms with van der Waals surface area (Å²) in [6, 6.07) is 0.411. The highest BCUT2D eigenvalue weighted by Gasteiger charge is 2.57. The van der Waals surface area contributed by atoms with Crippen LogP contribution in [0.25, 0.3) is 0 Å². The molecule has 0 spiro atoms. The van der Waals surface area contributed by atoms with E-state index in [1.165, 1.54) is 24.0 Å². The third-order valence-electron chi connectivity index (χ3n) is 5.48. The minimum atomic E-state index is -4.85. The van der Waals surface area contributed by atoms with Crippen LogP contribution in [0.2, 0.25) is 0 Å². The van der Waals surface area contributed by atoms with Crippen LogP contribution in [0.15, 0.2) is 17.4 Å². The van der Waals surface area contributed by atoms with Gasteiger partial charge in [0, 0.05) is 58.6 Å². The quantitative estimate of drug-likeness (QED) is 0.298. The Balaban J connectivity index is 0.00000450. The molecule has 2 rings (SSSR count). The lowest BCUT2D eigenvalue weighted by molar-refractivity contribution is -0.272. The smallest absolute Gasteiger partial charge is 0.374 e. The van der Waals surface area contributed by atoms with Crippen molar-refractivity contribution in [2.45, 2.75) is 50.9 Å². The summed E-state index contributed by atoms with van der Waals surface area (Å²) >= 11 is 0. The second-order valence-corrected chi connectivity index (χ2v) is 7.51. The number of likely N-dealkylation sites (N-methyl/N-ethyl adjacent to an activating group) is 2. The maximum atomic E-state index is 13.6. The number of imidazole rings is 1. The van der Waals surface area contributed by atoms with Crippen LogP contribution in [-0.2, 0) is 12.6 Å². The largest absolute Gasteiger partial charge is 0.424 e. The molecule has 2 heterocycles. The summed E-state index contributed by atoms with van der Waals surface area (Å²) in [5.41, 5.74) is -3.05. The monoisotopic (exact) mass is 546 g/mol. The van der Waals surface area contributed by atoms with Gasteiger partial charge in [0.15, 0.2) is 5.96 Å². The lowest BCUT2D eigenvalue weighted by atomic mass is 9.98. The van der Waals surface area contributed by atoms with Crippen LogP contribution in [-0.4, -0.2) is 82.4 Å². The average Bonchev–Trinajstić information content (AvgIpc) is 3.28. The standard InChI is InChI=1S/C19H33F3N6O.HI/c1-5-23-17(27(4)14-15-8-7-12-28(15)6-2)25-10-9-18(29,19(20,21)22)16-24-11-13-26(16)3;/h11,13,15,29H,5-10,12,14H2,1-4H3,(H,23,25);1H. The number of aromatic nitrogens is 2. The maximum absolute atomic E-state index is 13.6. The number of aliphatic hydroxyl groups is 1. The van der Waals surface area contributed by atoms with Gasteiger partial charge >= 0.3 is 6.18 Å². The van der Waals surface area contributed by atoms with Gasteiger partial charge in [0.05, 0.1) is 0 Å². The summed E-state index contributed by atoms with van der Waals surface area (Å²) in [5, 5.41) is 13.6. The number of rotatable bonds is 8. The summed E-state index contributed by atoms with van der Waals surface area (Å²) in [4.78, 5) is 12.4. The van der Waals surface area contributed by atoms with E-state index >= 15 is 0 Å². The Kier molecular flexibility index (Phi) is 10.3. The molecule has 0 aliphatic carbocycles. The van der Waals surface area contributed by atoms with Gasteiger partial charge in [-0.1, -0.05) is 6.92 Å². The van der Waals surface area contributed by atoms with Crippen molar-refractivity contribution < 1.29 is 18.3 Å². The molecule has 1 fully saturated rings. The molecule has 0 radical (unpaired) electrons. The van der Waals surface area contributed by atoms with Gasteiger partial charge in [-0.3, -0.25) is 9.89 Å². The predicted octanol–water partition coefficient (Wildman–Crippen LogP) is 2.56. The number of nitrogens with one attached hydrogen (secondary N) is 1. The van der Waals surface area contributed by atoms with Crippen LogP contribution >= 0.6 is 24.0 Å². The Hall–Kier alpha value is -1.08. The summed E-state index contributed by atoms with van der Waals surface area (Å²) < 4.78 is 42.1. The Labute approximate surface area is 193 Å². The van der Waals surface area contributed by atoms with E-state index in [1.807, 2.05) is 18.9 Å². The van der Waals surface area contributed by atoms with Crippen molar-refractivity contribution >= 4 is 29.9 Å². The van der Waals surface area contributed by atoms with Gasteiger partial charge in [0.1, 0.15) is 5.82 Å². The molecule has 0 saturated carbocycles. The minimum absolute atomic E-state index is 0. The Bertz CT molecular complexity index is 683. The van der Waals surface area contributed by atoms with Gasteiger partial charge in [-0.2, -0.15) is 13.2 Å². The maximum Gasteiger partial charge on any atom is 0.424 e. The molecular weight excluding hydrogens is 512 g/mol. The molecule has 1 aromatic rings. The molecule has 174 valence electrons. The summed E-state index contributed by atoms with van der Waals surface area (Å²) in [6.07, 6.45) is -0.568. The molecule has 11 heteroatoms. The number of hydrogen-bond donors (Lipinski definition) is 2. The molecule has 0 aromatic carbocycles. The summed E-state index contributed by atoms with van der Waals surface area (Å²) in [7, 11) is 3.32. The summed E-state index contributed by atoms with van der Waals surface area (Å²) in [5.74, 6) is 0.114. The number of likely N-dealkylation sites (tertiary alicyclic amines) is 1. The van der Waals surface area contributed by atoms with E-state index in [4.69, 9.17) is 0 Å². The zero-order chi connectivity index (χ0) is 21.7. The molecule has 2 unspecified atom stereocenters. The first-order chi connectivity index (χ1) is 13.6. The highest BCUT2D eigenvalue weighted by atomic mass is 127. The van der Waals surface area contributed by atoms with Crippen molar-refractivity contribution in [1.29, 1.82) is 0 Å². The van der Waals surface area contributed by atoms with Crippen molar-refractivity contribution in [3.8, 4) is 0 Å². The highest BCUT2D eigenvalue weighted by Crippen LogP contribution is 2.40. The SMILES string of the molecule is CCNC(=NCCC(O)(c1nccn1C)C(F)(F)F)N(C)CC1CCCN1CC.I. The third kappa shape index (κ3) is 6.22. The number of aryl methyl sites for hydroxylation is 1. The molecule has 0 bridgehead atoms. The Morgan fingerprint density at radius 2 is 2.10 bits per heavy atom. The molecular formula is C19H34F3IN6O. The zero-order valence-corrected chi connectivity index (χ0v) is 20.4. The molecule has 7 nitrogen and oxygen atoms in total. The van der Waals surface area contributed by atoms with E-state index < -0.39 is 24.0 Å². The fourth-order valence-electron chi connectivity index (χ4n) is 3.86. The topological polar surface area (TPSA) is 68.9 Å². The van der Waals surface area contributed by atoms with Crippen molar-refractivity contribution in [2.24, 2.45) is 12.0 Å². The zero-order valence-electron chi connectivity index (χ0n) is 18.1. The van der Waals surface area contributed by atoms with Crippen LogP contribution in [0, 0.1) is 0 Å². The fraction of sp³-hybridized carbons (Fsp3) is 0.789. The van der Waals surface area contributed by atoms with E-state index in [2.05, 4.69) is 27.1 Å². The average molecular weight is 546 g/mol. The van der Waals surface area contributed by atoms with E-state index in [-0.39, 0.29) is 30.5 Å². The van der Waals surface area contributed by atoms with Crippen LogP contribution < -0.4 is 5.32 Å². The van der Waals surface area contributed by atoms with E-state index in [0.29, 0.717) is 18.5 Å². The van der Waals surface area contributed by atoms with Crippen molar-refractivity contribution in [3.63, 3.8) is 0 Å². The molecule has 1 aliphatic heterocycles. The van der Waals surface area contributed by atoms with E-state index in [9.17, 15) is 18.3 Å². The van der Waals surface area contributed by atoms with Crippen LogP contribution in [0.5, 0.6) is 0 Å². The first kappa shape index (κ1) is 27.0. The third-order valence-corrected chi connectivity index (χ3v) is 5.48. The van der Waals surface area contributed by atoms with Crippen molar-refractivity contribution in [3.05, 3.63) is 18.2 Å². The Morgan fingerprint density at radius 1 is 1.40 bits per heavy atom. The molecule has 1 saturated heterocycles. The number of nitrogens with zero attached hydrogens (tertiary/aromatic N) is 5.